The average molecular weight is 300 g/mol. The fraction of sp³-hybridized carbons (Fsp3) is 0.632. The van der Waals surface area contributed by atoms with Crippen molar-refractivity contribution < 1.29 is 4.79 Å². The lowest BCUT2D eigenvalue weighted by atomic mass is 9.87. The maximum atomic E-state index is 12.6. The number of nitrogens with one attached hydrogen (secondary N) is 1. The molecule has 0 unspecified atom stereocenters. The fourth-order valence-electron chi connectivity index (χ4n) is 4.07. The van der Waals surface area contributed by atoms with E-state index in [9.17, 15) is 4.79 Å². The van der Waals surface area contributed by atoms with Gasteiger partial charge < -0.3 is 10.2 Å². The summed E-state index contributed by atoms with van der Waals surface area (Å²) in [6, 6.07) is 10.5. The Morgan fingerprint density at radius 2 is 1.82 bits per heavy atom. The van der Waals surface area contributed by atoms with Crippen molar-refractivity contribution in [3.63, 3.8) is 0 Å². The van der Waals surface area contributed by atoms with E-state index in [2.05, 4.69) is 41.5 Å². The van der Waals surface area contributed by atoms with Crippen LogP contribution in [0, 0.1) is 5.92 Å². The van der Waals surface area contributed by atoms with Crippen LogP contribution in [0.25, 0.3) is 0 Å². The van der Waals surface area contributed by atoms with Crippen molar-refractivity contribution in [2.24, 2.45) is 5.92 Å². The van der Waals surface area contributed by atoms with Gasteiger partial charge >= 0.3 is 0 Å². The summed E-state index contributed by atoms with van der Waals surface area (Å²) in [6.45, 7) is 2.25. The molecule has 0 radical (unpaired) electrons. The number of rotatable bonds is 4. The van der Waals surface area contributed by atoms with E-state index in [1.807, 2.05) is 6.07 Å². The quantitative estimate of drug-likeness (QED) is 0.925. The molecule has 2 aliphatic rings. The Morgan fingerprint density at radius 3 is 2.45 bits per heavy atom. The number of carbonyl (C=O) groups excluding carboxylic acids is 1. The van der Waals surface area contributed by atoms with E-state index in [1.165, 1.54) is 18.4 Å². The van der Waals surface area contributed by atoms with Gasteiger partial charge in [0.2, 0.25) is 5.91 Å². The normalized spacial score (nSPS) is 22.6. The summed E-state index contributed by atoms with van der Waals surface area (Å²) in [4.78, 5) is 15.0. The predicted octanol–water partition coefficient (Wildman–Crippen LogP) is 3.30. The molecule has 1 N–H and O–H groups in total. The van der Waals surface area contributed by atoms with Gasteiger partial charge in [0.25, 0.3) is 0 Å². The third-order valence-corrected chi connectivity index (χ3v) is 5.47. The van der Waals surface area contributed by atoms with Crippen LogP contribution in [0.1, 0.15) is 50.5 Å². The van der Waals surface area contributed by atoms with E-state index in [0.717, 1.165) is 38.8 Å². The molecule has 3 nitrogen and oxygen atoms in total. The zero-order valence-electron chi connectivity index (χ0n) is 13.7. The lowest BCUT2D eigenvalue weighted by Crippen LogP contribution is -2.45. The minimum Gasteiger partial charge on any atom is -0.347 e. The molecule has 1 heterocycles. The first-order valence-electron chi connectivity index (χ1n) is 8.73. The highest BCUT2D eigenvalue weighted by Gasteiger charge is 2.37. The highest BCUT2D eigenvalue weighted by Crippen LogP contribution is 2.39. The van der Waals surface area contributed by atoms with Crippen molar-refractivity contribution in [2.75, 3.05) is 20.1 Å². The second kappa shape index (κ2) is 6.82. The Bertz CT molecular complexity index is 485. The highest BCUT2D eigenvalue weighted by molar-refractivity contribution is 5.77. The SMILES string of the molecule is CN1CCC(CC(=O)NC2(c3ccccc3)CCCC2)CC1. The third kappa shape index (κ3) is 3.52. The van der Waals surface area contributed by atoms with Gasteiger partial charge in [-0.2, -0.15) is 0 Å². The smallest absolute Gasteiger partial charge is 0.220 e. The molecule has 3 heteroatoms. The molecule has 0 atom stereocenters. The van der Waals surface area contributed by atoms with Crippen molar-refractivity contribution in [1.29, 1.82) is 0 Å². The summed E-state index contributed by atoms with van der Waals surface area (Å²) < 4.78 is 0. The van der Waals surface area contributed by atoms with E-state index < -0.39 is 0 Å². The molecule has 1 amide bonds. The Morgan fingerprint density at radius 1 is 1.18 bits per heavy atom. The molecule has 1 aliphatic heterocycles. The van der Waals surface area contributed by atoms with Crippen LogP contribution in [0.15, 0.2) is 30.3 Å². The summed E-state index contributed by atoms with van der Waals surface area (Å²) >= 11 is 0. The first kappa shape index (κ1) is 15.5. The highest BCUT2D eigenvalue weighted by atomic mass is 16.1. The van der Waals surface area contributed by atoms with Crippen LogP contribution >= 0.6 is 0 Å². The molecule has 3 rings (SSSR count). The Hall–Kier alpha value is -1.35. The molecule has 2 fully saturated rings. The average Bonchev–Trinajstić information content (AvgIpc) is 3.00. The molecule has 1 aromatic rings. The first-order valence-corrected chi connectivity index (χ1v) is 8.73. The Labute approximate surface area is 134 Å². The van der Waals surface area contributed by atoms with Crippen molar-refractivity contribution in [2.45, 2.75) is 50.5 Å². The van der Waals surface area contributed by atoms with E-state index in [4.69, 9.17) is 0 Å². The number of hydrogen-bond acceptors (Lipinski definition) is 2. The summed E-state index contributed by atoms with van der Waals surface area (Å²) in [7, 11) is 2.17. The van der Waals surface area contributed by atoms with E-state index in [1.54, 1.807) is 0 Å². The van der Waals surface area contributed by atoms with Crippen LogP contribution in [-0.4, -0.2) is 30.9 Å². The van der Waals surface area contributed by atoms with Gasteiger partial charge in [-0.15, -0.1) is 0 Å². The summed E-state index contributed by atoms with van der Waals surface area (Å²) in [5, 5.41) is 3.41. The van der Waals surface area contributed by atoms with E-state index in [-0.39, 0.29) is 11.4 Å². The molecule has 0 spiro atoms. The van der Waals surface area contributed by atoms with E-state index in [0.29, 0.717) is 12.3 Å². The summed E-state index contributed by atoms with van der Waals surface area (Å²) in [5.74, 6) is 0.811. The topological polar surface area (TPSA) is 32.3 Å². The monoisotopic (exact) mass is 300 g/mol. The molecular weight excluding hydrogens is 272 g/mol. The molecule has 1 saturated carbocycles. The van der Waals surface area contributed by atoms with E-state index >= 15 is 0 Å². The van der Waals surface area contributed by atoms with Crippen LogP contribution < -0.4 is 5.32 Å². The largest absolute Gasteiger partial charge is 0.347 e. The zero-order valence-corrected chi connectivity index (χ0v) is 13.7. The Balaban J connectivity index is 1.63. The van der Waals surface area contributed by atoms with Crippen LogP contribution in [0.3, 0.4) is 0 Å². The molecule has 1 aromatic carbocycles. The molecule has 120 valence electrons. The molecule has 1 saturated heterocycles. The molecule has 0 aromatic heterocycles. The van der Waals surface area contributed by atoms with Gasteiger partial charge in [-0.3, -0.25) is 4.79 Å². The minimum atomic E-state index is -0.107. The van der Waals surface area contributed by atoms with Crippen molar-refractivity contribution in [1.82, 2.24) is 10.2 Å². The second-order valence-corrected chi connectivity index (χ2v) is 7.15. The van der Waals surface area contributed by atoms with Crippen LogP contribution in [0.2, 0.25) is 0 Å². The maximum Gasteiger partial charge on any atom is 0.220 e. The Kier molecular flexibility index (Phi) is 4.82. The number of amides is 1. The van der Waals surface area contributed by atoms with Crippen LogP contribution in [0.5, 0.6) is 0 Å². The number of hydrogen-bond donors (Lipinski definition) is 1. The minimum absolute atomic E-state index is 0.107. The van der Waals surface area contributed by atoms with Gasteiger partial charge in [-0.25, -0.2) is 0 Å². The predicted molar refractivity (Wildman–Crippen MR) is 89.6 cm³/mol. The standard InChI is InChI=1S/C19H28N2O/c1-21-13-9-16(10-14-21)15-18(22)20-19(11-5-6-12-19)17-7-3-2-4-8-17/h2-4,7-8,16H,5-6,9-15H2,1H3,(H,20,22). The van der Waals surface area contributed by atoms with Gasteiger partial charge in [0.05, 0.1) is 5.54 Å². The van der Waals surface area contributed by atoms with Gasteiger partial charge in [0.1, 0.15) is 0 Å². The number of benzene rings is 1. The maximum absolute atomic E-state index is 12.6. The lowest BCUT2D eigenvalue weighted by molar-refractivity contribution is -0.124. The zero-order chi connectivity index (χ0) is 15.4. The van der Waals surface area contributed by atoms with Crippen LogP contribution in [-0.2, 0) is 10.3 Å². The fourth-order valence-corrected chi connectivity index (χ4v) is 4.07. The third-order valence-electron chi connectivity index (χ3n) is 5.47. The van der Waals surface area contributed by atoms with Crippen molar-refractivity contribution in [3.8, 4) is 0 Å². The van der Waals surface area contributed by atoms with Crippen molar-refractivity contribution >= 4 is 5.91 Å². The van der Waals surface area contributed by atoms with Crippen molar-refractivity contribution in [3.05, 3.63) is 35.9 Å². The molecule has 0 bridgehead atoms. The summed E-state index contributed by atoms with van der Waals surface area (Å²) in [5.41, 5.74) is 1.17. The number of nitrogens with zero attached hydrogens (tertiary/aromatic N) is 1. The molecule has 1 aliphatic carbocycles. The molecular formula is C19H28N2O. The first-order chi connectivity index (χ1) is 10.7. The van der Waals surface area contributed by atoms with Gasteiger partial charge in [-0.1, -0.05) is 43.2 Å². The van der Waals surface area contributed by atoms with Gasteiger partial charge in [0, 0.05) is 6.42 Å². The number of carbonyl (C=O) groups is 1. The second-order valence-electron chi connectivity index (χ2n) is 7.15. The van der Waals surface area contributed by atoms with Gasteiger partial charge in [-0.05, 0) is 57.3 Å². The number of piperidine rings is 1. The molecule has 22 heavy (non-hydrogen) atoms. The van der Waals surface area contributed by atoms with Gasteiger partial charge in [0.15, 0.2) is 0 Å². The van der Waals surface area contributed by atoms with Crippen LogP contribution in [0.4, 0.5) is 0 Å². The summed E-state index contributed by atoms with van der Waals surface area (Å²) in [6.07, 6.45) is 7.59. The lowest BCUT2D eigenvalue weighted by Gasteiger charge is -2.33. The number of likely N-dealkylation sites (tertiary alicyclic amines) is 1.